The lowest BCUT2D eigenvalue weighted by atomic mass is 9.88. The summed E-state index contributed by atoms with van der Waals surface area (Å²) in [5, 5.41) is 5.25. The second-order valence-electron chi connectivity index (χ2n) is 6.58. The minimum absolute atomic E-state index is 0.0902. The first-order valence-corrected chi connectivity index (χ1v) is 8.37. The lowest BCUT2D eigenvalue weighted by Gasteiger charge is -2.31. The van der Waals surface area contributed by atoms with E-state index in [1.165, 1.54) is 24.3 Å². The number of anilines is 1. The quantitative estimate of drug-likeness (QED) is 0.839. The number of carbonyl (C=O) groups is 2. The fraction of sp³-hybridized carbons (Fsp3) is 0.556. The molecule has 24 heavy (non-hydrogen) atoms. The largest absolute Gasteiger partial charge is 0.378 e. The third kappa shape index (κ3) is 5.92. The number of carbonyl (C=O) groups excluding carboxylic acids is 2. The van der Waals surface area contributed by atoms with Crippen LogP contribution in [0.15, 0.2) is 24.3 Å². The van der Waals surface area contributed by atoms with Gasteiger partial charge in [-0.25, -0.2) is 4.39 Å². The van der Waals surface area contributed by atoms with E-state index in [0.717, 1.165) is 12.8 Å². The number of halogens is 1. The molecule has 5 nitrogen and oxygen atoms in total. The number of amides is 2. The molecule has 1 aliphatic heterocycles. The smallest absolute Gasteiger partial charge is 0.243 e. The number of hydrogen-bond acceptors (Lipinski definition) is 3. The Bertz CT molecular complexity index is 560. The molecule has 1 saturated heterocycles. The molecule has 0 aromatic heterocycles. The first kappa shape index (κ1) is 18.4. The Balaban J connectivity index is 1.70. The summed E-state index contributed by atoms with van der Waals surface area (Å²) in [4.78, 5) is 23.8. The van der Waals surface area contributed by atoms with Crippen molar-refractivity contribution in [2.45, 2.75) is 39.2 Å². The van der Waals surface area contributed by atoms with E-state index in [1.807, 2.05) is 0 Å². The van der Waals surface area contributed by atoms with Crippen LogP contribution < -0.4 is 10.6 Å². The van der Waals surface area contributed by atoms with Crippen molar-refractivity contribution in [1.82, 2.24) is 5.32 Å². The van der Waals surface area contributed by atoms with Crippen molar-refractivity contribution >= 4 is 17.5 Å². The molecule has 2 amide bonds. The molecule has 0 saturated carbocycles. The Morgan fingerprint density at radius 3 is 2.62 bits per heavy atom. The van der Waals surface area contributed by atoms with Gasteiger partial charge in [-0.05, 0) is 48.9 Å². The molecule has 1 fully saturated rings. The number of ether oxygens (including phenoxy) is 1. The van der Waals surface area contributed by atoms with Crippen LogP contribution in [0.3, 0.4) is 0 Å². The van der Waals surface area contributed by atoms with Crippen molar-refractivity contribution in [3.63, 3.8) is 0 Å². The minimum atomic E-state index is -0.363. The fourth-order valence-electron chi connectivity index (χ4n) is 2.80. The molecular weight excluding hydrogens is 311 g/mol. The van der Waals surface area contributed by atoms with Crippen molar-refractivity contribution in [2.24, 2.45) is 11.8 Å². The van der Waals surface area contributed by atoms with Crippen LogP contribution in [0.5, 0.6) is 0 Å². The average Bonchev–Trinajstić information content (AvgIpc) is 2.55. The number of nitrogens with one attached hydrogen (secondary N) is 2. The van der Waals surface area contributed by atoms with Gasteiger partial charge in [0.2, 0.25) is 11.8 Å². The van der Waals surface area contributed by atoms with Crippen LogP contribution >= 0.6 is 0 Å². The van der Waals surface area contributed by atoms with Gasteiger partial charge in [-0.1, -0.05) is 13.8 Å². The lowest BCUT2D eigenvalue weighted by molar-refractivity contribution is -0.126. The molecule has 2 rings (SSSR count). The van der Waals surface area contributed by atoms with Gasteiger partial charge >= 0.3 is 0 Å². The number of benzene rings is 1. The van der Waals surface area contributed by atoms with Gasteiger partial charge in [-0.3, -0.25) is 9.59 Å². The Hall–Kier alpha value is -1.95. The number of hydrogen-bond donors (Lipinski definition) is 2. The van der Waals surface area contributed by atoms with Crippen molar-refractivity contribution in [2.75, 3.05) is 18.5 Å². The first-order chi connectivity index (χ1) is 11.4. The van der Waals surface area contributed by atoms with Crippen molar-refractivity contribution in [3.8, 4) is 0 Å². The van der Waals surface area contributed by atoms with E-state index in [-0.39, 0.29) is 30.3 Å². The van der Waals surface area contributed by atoms with Crippen LogP contribution in [0, 0.1) is 17.7 Å². The molecule has 2 atom stereocenters. The topological polar surface area (TPSA) is 67.4 Å². The second kappa shape index (κ2) is 8.78. The van der Waals surface area contributed by atoms with Gasteiger partial charge in [0.1, 0.15) is 5.82 Å². The Labute approximate surface area is 142 Å². The normalized spacial score (nSPS) is 20.7. The molecule has 6 heteroatoms. The van der Waals surface area contributed by atoms with Gasteiger partial charge in [0.15, 0.2) is 0 Å². The zero-order valence-electron chi connectivity index (χ0n) is 14.2. The average molecular weight is 336 g/mol. The number of rotatable bonds is 6. The van der Waals surface area contributed by atoms with E-state index < -0.39 is 0 Å². The minimum Gasteiger partial charge on any atom is -0.378 e. The maximum absolute atomic E-state index is 12.8. The summed E-state index contributed by atoms with van der Waals surface area (Å²) in [6, 6.07) is 5.49. The van der Waals surface area contributed by atoms with Crippen molar-refractivity contribution < 1.29 is 18.7 Å². The molecule has 2 N–H and O–H groups in total. The molecular formula is C18H25FN2O3. The van der Waals surface area contributed by atoms with Crippen LogP contribution in [0.1, 0.15) is 33.1 Å². The highest BCUT2D eigenvalue weighted by Crippen LogP contribution is 2.27. The Morgan fingerprint density at radius 1 is 1.25 bits per heavy atom. The Morgan fingerprint density at radius 2 is 1.96 bits per heavy atom. The first-order valence-electron chi connectivity index (χ1n) is 8.37. The van der Waals surface area contributed by atoms with E-state index >= 15 is 0 Å². The van der Waals surface area contributed by atoms with E-state index in [4.69, 9.17) is 4.74 Å². The molecule has 1 aliphatic rings. The van der Waals surface area contributed by atoms with Gasteiger partial charge in [-0.15, -0.1) is 0 Å². The summed E-state index contributed by atoms with van der Waals surface area (Å²) >= 11 is 0. The predicted molar refractivity (Wildman–Crippen MR) is 90.0 cm³/mol. The molecule has 0 bridgehead atoms. The van der Waals surface area contributed by atoms with Gasteiger partial charge in [0.25, 0.3) is 0 Å². The molecule has 0 spiro atoms. The standard InChI is InChI=1S/C18H25FN2O3/c1-12(2)16-9-13(7-8-24-16)10-17(22)20-11-18(23)21-15-5-3-14(19)4-6-15/h3-6,12-13,16H,7-11H2,1-2H3,(H,20,22)(H,21,23)/t13-,16-/m0/s1. The van der Waals surface area contributed by atoms with Gasteiger partial charge in [0.05, 0.1) is 12.6 Å². The summed E-state index contributed by atoms with van der Waals surface area (Å²) in [5.41, 5.74) is 0.500. The third-order valence-electron chi connectivity index (χ3n) is 4.22. The summed E-state index contributed by atoms with van der Waals surface area (Å²) in [7, 11) is 0. The van der Waals surface area contributed by atoms with Crippen molar-refractivity contribution in [1.29, 1.82) is 0 Å². The molecule has 132 valence electrons. The second-order valence-corrected chi connectivity index (χ2v) is 6.58. The van der Waals surface area contributed by atoms with Crippen LogP contribution in [0.4, 0.5) is 10.1 Å². The van der Waals surface area contributed by atoms with Crippen LogP contribution in [-0.4, -0.2) is 31.1 Å². The molecule has 1 aromatic carbocycles. The molecule has 0 aliphatic carbocycles. The summed E-state index contributed by atoms with van der Waals surface area (Å²) in [6.07, 6.45) is 2.38. The maximum Gasteiger partial charge on any atom is 0.243 e. The van der Waals surface area contributed by atoms with Gasteiger partial charge in [-0.2, -0.15) is 0 Å². The van der Waals surface area contributed by atoms with E-state index in [9.17, 15) is 14.0 Å². The zero-order chi connectivity index (χ0) is 17.5. The van der Waals surface area contributed by atoms with E-state index in [0.29, 0.717) is 30.6 Å². The summed E-state index contributed by atoms with van der Waals surface area (Å²) in [5.74, 6) is -0.0817. The highest BCUT2D eigenvalue weighted by molar-refractivity contribution is 5.94. The fourth-order valence-corrected chi connectivity index (χ4v) is 2.80. The summed E-state index contributed by atoms with van der Waals surface area (Å²) < 4.78 is 18.5. The lowest BCUT2D eigenvalue weighted by Crippen LogP contribution is -2.36. The summed E-state index contributed by atoms with van der Waals surface area (Å²) in [6.45, 7) is 4.83. The Kier molecular flexibility index (Phi) is 6.73. The van der Waals surface area contributed by atoms with Crippen molar-refractivity contribution in [3.05, 3.63) is 30.1 Å². The molecule has 0 unspecified atom stereocenters. The molecule has 0 radical (unpaired) electrons. The van der Waals surface area contributed by atoms with Gasteiger partial charge < -0.3 is 15.4 Å². The van der Waals surface area contributed by atoms with Crippen LogP contribution in [0.25, 0.3) is 0 Å². The highest BCUT2D eigenvalue weighted by atomic mass is 19.1. The van der Waals surface area contributed by atoms with Crippen LogP contribution in [-0.2, 0) is 14.3 Å². The predicted octanol–water partition coefficient (Wildman–Crippen LogP) is 2.72. The maximum atomic E-state index is 12.8. The van der Waals surface area contributed by atoms with E-state index in [2.05, 4.69) is 24.5 Å². The van der Waals surface area contributed by atoms with Crippen LogP contribution in [0.2, 0.25) is 0 Å². The van der Waals surface area contributed by atoms with E-state index in [1.54, 1.807) is 0 Å². The van der Waals surface area contributed by atoms with Gasteiger partial charge in [0, 0.05) is 18.7 Å². The molecule has 1 heterocycles. The molecule has 1 aromatic rings. The zero-order valence-corrected chi connectivity index (χ0v) is 14.2. The SMILES string of the molecule is CC(C)[C@@H]1C[C@@H](CC(=O)NCC(=O)Nc2ccc(F)cc2)CCO1. The monoisotopic (exact) mass is 336 g/mol. The third-order valence-corrected chi connectivity index (χ3v) is 4.22. The highest BCUT2D eigenvalue weighted by Gasteiger charge is 2.26.